The number of phenolic OH excluding ortho intramolecular Hbond substituents is 1. The molecule has 2 aromatic carbocycles. The van der Waals surface area contributed by atoms with E-state index in [2.05, 4.69) is 0 Å². The smallest absolute Gasteiger partial charge is 0.197 e. The van der Waals surface area contributed by atoms with Crippen molar-refractivity contribution in [1.29, 1.82) is 0 Å². The highest BCUT2D eigenvalue weighted by Gasteiger charge is 2.12. The SMILES string of the molecule is COc1cc(C)cc2oc(-c3ccc(O)cc3)cc(=O)c12. The van der Waals surface area contributed by atoms with E-state index < -0.39 is 0 Å². The second-order valence-corrected chi connectivity index (χ2v) is 4.86. The molecule has 0 aliphatic carbocycles. The van der Waals surface area contributed by atoms with Crippen molar-refractivity contribution in [2.45, 2.75) is 6.92 Å². The summed E-state index contributed by atoms with van der Waals surface area (Å²) in [6.07, 6.45) is 0. The highest BCUT2D eigenvalue weighted by Crippen LogP contribution is 2.29. The fraction of sp³-hybridized carbons (Fsp3) is 0.118. The van der Waals surface area contributed by atoms with Crippen LogP contribution in [0.25, 0.3) is 22.3 Å². The standard InChI is InChI=1S/C17H14O4/c1-10-7-15(20-2)17-13(19)9-14(21-16(17)8-10)11-3-5-12(18)6-4-11/h3-9,18H,1-2H3. The van der Waals surface area contributed by atoms with Gasteiger partial charge in [0.15, 0.2) is 5.43 Å². The maximum absolute atomic E-state index is 12.3. The summed E-state index contributed by atoms with van der Waals surface area (Å²) in [5.41, 5.74) is 2.01. The Kier molecular flexibility index (Phi) is 3.14. The highest BCUT2D eigenvalue weighted by molar-refractivity contribution is 5.85. The average molecular weight is 282 g/mol. The van der Waals surface area contributed by atoms with Crippen LogP contribution in [0.1, 0.15) is 5.56 Å². The number of benzene rings is 2. The molecule has 0 saturated carbocycles. The number of hydrogen-bond donors (Lipinski definition) is 1. The number of methoxy groups -OCH3 is 1. The lowest BCUT2D eigenvalue weighted by molar-refractivity contribution is 0.418. The van der Waals surface area contributed by atoms with E-state index in [1.165, 1.54) is 13.2 Å². The fourth-order valence-electron chi connectivity index (χ4n) is 2.31. The van der Waals surface area contributed by atoms with Gasteiger partial charge in [0, 0.05) is 11.6 Å². The van der Waals surface area contributed by atoms with Crippen LogP contribution in [0.5, 0.6) is 11.5 Å². The van der Waals surface area contributed by atoms with Crippen LogP contribution in [-0.2, 0) is 0 Å². The van der Waals surface area contributed by atoms with Gasteiger partial charge >= 0.3 is 0 Å². The van der Waals surface area contributed by atoms with Gasteiger partial charge < -0.3 is 14.3 Å². The molecule has 3 rings (SSSR count). The summed E-state index contributed by atoms with van der Waals surface area (Å²) in [6.45, 7) is 1.91. The van der Waals surface area contributed by atoms with E-state index in [1.807, 2.05) is 13.0 Å². The van der Waals surface area contributed by atoms with Gasteiger partial charge in [0.25, 0.3) is 0 Å². The van der Waals surface area contributed by atoms with Gasteiger partial charge in [-0.1, -0.05) is 0 Å². The third-order valence-electron chi connectivity index (χ3n) is 3.31. The molecule has 0 aliphatic rings. The molecule has 0 aliphatic heterocycles. The van der Waals surface area contributed by atoms with Crippen molar-refractivity contribution in [3.05, 3.63) is 58.3 Å². The highest BCUT2D eigenvalue weighted by atomic mass is 16.5. The van der Waals surface area contributed by atoms with Crippen molar-refractivity contribution in [2.75, 3.05) is 7.11 Å². The second kappa shape index (κ2) is 4.98. The molecule has 4 heteroatoms. The lowest BCUT2D eigenvalue weighted by atomic mass is 10.1. The fourth-order valence-corrected chi connectivity index (χ4v) is 2.31. The Labute approximate surface area is 121 Å². The van der Waals surface area contributed by atoms with Gasteiger partial charge in [-0.3, -0.25) is 4.79 Å². The molecule has 0 radical (unpaired) electrons. The van der Waals surface area contributed by atoms with Gasteiger partial charge in [-0.25, -0.2) is 0 Å². The molecule has 0 atom stereocenters. The van der Waals surface area contributed by atoms with Gasteiger partial charge in [-0.2, -0.15) is 0 Å². The molecule has 0 fully saturated rings. The molecule has 1 aromatic heterocycles. The Bertz CT molecular complexity index is 860. The summed E-state index contributed by atoms with van der Waals surface area (Å²) in [7, 11) is 1.53. The molecule has 1 N–H and O–H groups in total. The number of aryl methyl sites for hydroxylation is 1. The van der Waals surface area contributed by atoms with E-state index in [9.17, 15) is 9.90 Å². The Balaban J connectivity index is 2.28. The predicted octanol–water partition coefficient (Wildman–Crippen LogP) is 3.48. The number of rotatable bonds is 2. The van der Waals surface area contributed by atoms with E-state index in [4.69, 9.17) is 9.15 Å². The first-order valence-electron chi connectivity index (χ1n) is 6.50. The normalized spacial score (nSPS) is 10.8. The van der Waals surface area contributed by atoms with Crippen LogP contribution < -0.4 is 10.2 Å². The van der Waals surface area contributed by atoms with Crippen LogP contribution in [0.3, 0.4) is 0 Å². The van der Waals surface area contributed by atoms with E-state index >= 15 is 0 Å². The summed E-state index contributed by atoms with van der Waals surface area (Å²) in [4.78, 5) is 12.3. The van der Waals surface area contributed by atoms with Crippen molar-refractivity contribution in [3.63, 3.8) is 0 Å². The quantitative estimate of drug-likeness (QED) is 0.781. The lowest BCUT2D eigenvalue weighted by Crippen LogP contribution is -2.03. The molecule has 0 unspecified atom stereocenters. The average Bonchev–Trinajstić information content (AvgIpc) is 2.46. The number of aromatic hydroxyl groups is 1. The molecule has 0 spiro atoms. The molecule has 106 valence electrons. The van der Waals surface area contributed by atoms with E-state index in [-0.39, 0.29) is 11.2 Å². The van der Waals surface area contributed by atoms with Gasteiger partial charge in [0.05, 0.1) is 7.11 Å². The maximum Gasteiger partial charge on any atom is 0.197 e. The van der Waals surface area contributed by atoms with Crippen LogP contribution in [0.4, 0.5) is 0 Å². The van der Waals surface area contributed by atoms with Crippen molar-refractivity contribution in [3.8, 4) is 22.8 Å². The third-order valence-corrected chi connectivity index (χ3v) is 3.31. The Morgan fingerprint density at radius 2 is 1.81 bits per heavy atom. The van der Waals surface area contributed by atoms with E-state index in [0.29, 0.717) is 22.5 Å². The van der Waals surface area contributed by atoms with Crippen LogP contribution in [0.2, 0.25) is 0 Å². The zero-order valence-electron chi connectivity index (χ0n) is 11.7. The summed E-state index contributed by atoms with van der Waals surface area (Å²) >= 11 is 0. The number of fused-ring (bicyclic) bond motifs is 1. The zero-order chi connectivity index (χ0) is 15.0. The van der Waals surface area contributed by atoms with Crippen LogP contribution in [0.15, 0.2) is 51.7 Å². The number of hydrogen-bond acceptors (Lipinski definition) is 4. The van der Waals surface area contributed by atoms with Gasteiger partial charge in [0.1, 0.15) is 28.2 Å². The molecule has 21 heavy (non-hydrogen) atoms. The van der Waals surface area contributed by atoms with Gasteiger partial charge in [0.2, 0.25) is 0 Å². The van der Waals surface area contributed by atoms with Crippen molar-refractivity contribution >= 4 is 11.0 Å². The van der Waals surface area contributed by atoms with Crippen LogP contribution in [-0.4, -0.2) is 12.2 Å². The lowest BCUT2D eigenvalue weighted by Gasteiger charge is -2.08. The monoisotopic (exact) mass is 282 g/mol. The van der Waals surface area contributed by atoms with Crippen molar-refractivity contribution in [2.24, 2.45) is 0 Å². The number of ether oxygens (including phenoxy) is 1. The summed E-state index contributed by atoms with van der Waals surface area (Å²) in [5, 5.41) is 9.76. The van der Waals surface area contributed by atoms with Gasteiger partial charge in [-0.15, -0.1) is 0 Å². The molecule has 1 heterocycles. The zero-order valence-corrected chi connectivity index (χ0v) is 11.7. The van der Waals surface area contributed by atoms with Crippen LogP contribution in [0, 0.1) is 6.92 Å². The van der Waals surface area contributed by atoms with Crippen LogP contribution >= 0.6 is 0 Å². The van der Waals surface area contributed by atoms with Crippen molar-refractivity contribution in [1.82, 2.24) is 0 Å². The summed E-state index contributed by atoms with van der Waals surface area (Å²) < 4.78 is 11.1. The molecule has 0 bridgehead atoms. The Morgan fingerprint density at radius 1 is 1.10 bits per heavy atom. The second-order valence-electron chi connectivity index (χ2n) is 4.86. The first-order chi connectivity index (χ1) is 10.1. The molecular weight excluding hydrogens is 268 g/mol. The Morgan fingerprint density at radius 3 is 2.48 bits per heavy atom. The molecule has 0 amide bonds. The first-order valence-corrected chi connectivity index (χ1v) is 6.50. The molecule has 3 aromatic rings. The third kappa shape index (κ3) is 2.36. The first kappa shape index (κ1) is 13.2. The summed E-state index contributed by atoms with van der Waals surface area (Å²) in [5.74, 6) is 1.13. The minimum Gasteiger partial charge on any atom is -0.508 e. The maximum atomic E-state index is 12.3. The van der Waals surface area contributed by atoms with Crippen molar-refractivity contribution < 1.29 is 14.3 Å². The molecule has 0 saturated heterocycles. The summed E-state index contributed by atoms with van der Waals surface area (Å²) in [6, 6.07) is 11.6. The topological polar surface area (TPSA) is 59.7 Å². The molecule has 4 nitrogen and oxygen atoms in total. The molecular formula is C17H14O4. The van der Waals surface area contributed by atoms with Gasteiger partial charge in [-0.05, 0) is 48.9 Å². The minimum atomic E-state index is -0.156. The predicted molar refractivity (Wildman–Crippen MR) is 80.9 cm³/mol. The van der Waals surface area contributed by atoms with E-state index in [1.54, 1.807) is 30.3 Å². The largest absolute Gasteiger partial charge is 0.508 e. The van der Waals surface area contributed by atoms with E-state index in [0.717, 1.165) is 11.1 Å². The number of phenols is 1. The minimum absolute atomic E-state index is 0.156. The Hall–Kier alpha value is -2.75.